The van der Waals surface area contributed by atoms with Crippen LogP contribution >= 0.6 is 0 Å². The van der Waals surface area contributed by atoms with Crippen molar-refractivity contribution in [2.45, 2.75) is 6.61 Å². The van der Waals surface area contributed by atoms with Crippen LogP contribution in [-0.2, 0) is 6.61 Å². The molecule has 6 heteroatoms. The van der Waals surface area contributed by atoms with Gasteiger partial charge in [0.2, 0.25) is 0 Å². The molecular formula is C22H20N2O4. The van der Waals surface area contributed by atoms with Crippen LogP contribution in [0.25, 0.3) is 0 Å². The topological polar surface area (TPSA) is 80.2 Å². The van der Waals surface area contributed by atoms with Gasteiger partial charge in [-0.2, -0.15) is 5.10 Å². The van der Waals surface area contributed by atoms with Crippen molar-refractivity contribution in [2.75, 3.05) is 7.11 Å². The van der Waals surface area contributed by atoms with Crippen LogP contribution in [0.4, 0.5) is 0 Å². The number of methoxy groups -OCH3 is 1. The molecule has 2 N–H and O–H groups in total. The number of amides is 1. The second-order valence-corrected chi connectivity index (χ2v) is 5.90. The third-order valence-corrected chi connectivity index (χ3v) is 3.98. The van der Waals surface area contributed by atoms with E-state index in [0.717, 1.165) is 5.56 Å². The van der Waals surface area contributed by atoms with Crippen LogP contribution in [0.3, 0.4) is 0 Å². The summed E-state index contributed by atoms with van der Waals surface area (Å²) in [5, 5.41) is 13.9. The third kappa shape index (κ3) is 4.88. The Morgan fingerprint density at radius 3 is 2.50 bits per heavy atom. The van der Waals surface area contributed by atoms with Gasteiger partial charge in [-0.3, -0.25) is 4.79 Å². The number of ether oxygens (including phenoxy) is 2. The summed E-state index contributed by atoms with van der Waals surface area (Å²) in [6.07, 6.45) is 1.35. The van der Waals surface area contributed by atoms with Gasteiger partial charge in [0.05, 0.1) is 13.3 Å². The molecule has 0 aromatic heterocycles. The second kappa shape index (κ2) is 9.23. The average molecular weight is 376 g/mol. The van der Waals surface area contributed by atoms with Crippen molar-refractivity contribution >= 4 is 12.1 Å². The molecule has 1 amide bonds. The number of carbonyl (C=O) groups excluding carboxylic acids is 1. The van der Waals surface area contributed by atoms with Gasteiger partial charge in [0.15, 0.2) is 11.5 Å². The lowest BCUT2D eigenvalue weighted by atomic mass is 10.2. The first kappa shape index (κ1) is 19.0. The summed E-state index contributed by atoms with van der Waals surface area (Å²) in [6, 6.07) is 21.6. The highest BCUT2D eigenvalue weighted by Gasteiger charge is 2.07. The van der Waals surface area contributed by atoms with E-state index in [9.17, 15) is 9.90 Å². The lowest BCUT2D eigenvalue weighted by molar-refractivity contribution is 0.0955. The van der Waals surface area contributed by atoms with Crippen LogP contribution in [0, 0.1) is 0 Å². The Morgan fingerprint density at radius 2 is 1.79 bits per heavy atom. The van der Waals surface area contributed by atoms with Crippen LogP contribution in [0.2, 0.25) is 0 Å². The molecule has 6 nitrogen and oxygen atoms in total. The Balaban J connectivity index is 1.56. The Bertz CT molecular complexity index is 954. The van der Waals surface area contributed by atoms with E-state index in [1.54, 1.807) is 42.5 Å². The number of nitrogens with one attached hydrogen (secondary N) is 1. The quantitative estimate of drug-likeness (QED) is 0.486. The molecule has 0 atom stereocenters. The summed E-state index contributed by atoms with van der Waals surface area (Å²) >= 11 is 0. The third-order valence-electron chi connectivity index (χ3n) is 3.98. The van der Waals surface area contributed by atoms with Gasteiger partial charge in [-0.1, -0.05) is 36.4 Å². The van der Waals surface area contributed by atoms with Gasteiger partial charge in [0.1, 0.15) is 12.4 Å². The number of hydrogen-bond acceptors (Lipinski definition) is 5. The number of hydrogen-bond donors (Lipinski definition) is 2. The fourth-order valence-electron chi connectivity index (χ4n) is 2.48. The number of carbonyl (C=O) groups is 1. The smallest absolute Gasteiger partial charge is 0.271 e. The van der Waals surface area contributed by atoms with Gasteiger partial charge in [-0.05, 0) is 42.0 Å². The van der Waals surface area contributed by atoms with Gasteiger partial charge >= 0.3 is 0 Å². The summed E-state index contributed by atoms with van der Waals surface area (Å²) in [7, 11) is 1.46. The van der Waals surface area contributed by atoms with Gasteiger partial charge in [0, 0.05) is 11.1 Å². The number of hydrazone groups is 1. The van der Waals surface area contributed by atoms with E-state index >= 15 is 0 Å². The van der Waals surface area contributed by atoms with Crippen LogP contribution < -0.4 is 14.9 Å². The summed E-state index contributed by atoms with van der Waals surface area (Å²) < 4.78 is 10.7. The lowest BCUT2D eigenvalue weighted by Crippen LogP contribution is -2.17. The van der Waals surface area contributed by atoms with Crippen molar-refractivity contribution in [1.29, 1.82) is 0 Å². The summed E-state index contributed by atoms with van der Waals surface area (Å²) in [5.74, 6) is 0.600. The first-order valence-corrected chi connectivity index (χ1v) is 8.63. The number of nitrogens with zero attached hydrogens (tertiary/aromatic N) is 1. The van der Waals surface area contributed by atoms with Crippen LogP contribution in [0.5, 0.6) is 17.2 Å². The van der Waals surface area contributed by atoms with Crippen molar-refractivity contribution in [3.63, 3.8) is 0 Å². The predicted molar refractivity (Wildman–Crippen MR) is 107 cm³/mol. The number of phenolic OH excluding ortho intramolecular Hbond substituents is 1. The molecule has 0 radical (unpaired) electrons. The van der Waals surface area contributed by atoms with E-state index in [1.807, 2.05) is 30.3 Å². The fourth-order valence-corrected chi connectivity index (χ4v) is 2.48. The summed E-state index contributed by atoms with van der Waals surface area (Å²) in [5.41, 5.74) is 4.37. The molecule has 0 aliphatic carbocycles. The standard InChI is InChI=1S/C22H20N2O4/c1-27-20-9-5-8-18(21(20)25)14-23-24-22(26)17-10-12-19(13-11-17)28-15-16-6-3-2-4-7-16/h2-14,25H,15H2,1H3,(H,24,26)/b23-14+. The van der Waals surface area contributed by atoms with E-state index in [0.29, 0.717) is 29.2 Å². The molecule has 0 saturated carbocycles. The van der Waals surface area contributed by atoms with Gasteiger partial charge < -0.3 is 14.6 Å². The number of para-hydroxylation sites is 1. The monoisotopic (exact) mass is 376 g/mol. The molecule has 0 fully saturated rings. The predicted octanol–water partition coefficient (Wildman–Crippen LogP) is 3.74. The summed E-state index contributed by atoms with van der Waals surface area (Å²) in [6.45, 7) is 0.459. The van der Waals surface area contributed by atoms with Gasteiger partial charge in [0.25, 0.3) is 5.91 Å². The molecule has 0 saturated heterocycles. The van der Waals surface area contributed by atoms with E-state index < -0.39 is 0 Å². The Kier molecular flexibility index (Phi) is 6.25. The lowest BCUT2D eigenvalue weighted by Gasteiger charge is -2.07. The largest absolute Gasteiger partial charge is 0.504 e. The number of phenols is 1. The van der Waals surface area contributed by atoms with Crippen molar-refractivity contribution in [3.8, 4) is 17.2 Å². The van der Waals surface area contributed by atoms with Crippen molar-refractivity contribution < 1.29 is 19.4 Å². The zero-order chi connectivity index (χ0) is 19.8. The molecule has 0 spiro atoms. The number of benzene rings is 3. The Hall–Kier alpha value is -3.80. The van der Waals surface area contributed by atoms with Gasteiger partial charge in [-0.15, -0.1) is 0 Å². The first-order valence-electron chi connectivity index (χ1n) is 8.63. The normalized spacial score (nSPS) is 10.6. The molecule has 28 heavy (non-hydrogen) atoms. The molecule has 0 aliphatic heterocycles. The average Bonchev–Trinajstić information content (AvgIpc) is 2.74. The maximum Gasteiger partial charge on any atom is 0.271 e. The molecule has 0 aliphatic rings. The fraction of sp³-hybridized carbons (Fsp3) is 0.0909. The molecule has 0 heterocycles. The Morgan fingerprint density at radius 1 is 1.04 bits per heavy atom. The van der Waals surface area contributed by atoms with E-state index in [2.05, 4.69) is 10.5 Å². The van der Waals surface area contributed by atoms with Crippen LogP contribution in [0.15, 0.2) is 77.9 Å². The van der Waals surface area contributed by atoms with E-state index in [-0.39, 0.29) is 11.7 Å². The highest BCUT2D eigenvalue weighted by atomic mass is 16.5. The van der Waals surface area contributed by atoms with Crippen molar-refractivity contribution in [1.82, 2.24) is 5.43 Å². The van der Waals surface area contributed by atoms with Crippen LogP contribution in [0.1, 0.15) is 21.5 Å². The molecular weight excluding hydrogens is 356 g/mol. The minimum atomic E-state index is -0.367. The molecule has 3 aromatic carbocycles. The maximum absolute atomic E-state index is 12.2. The zero-order valence-electron chi connectivity index (χ0n) is 15.3. The highest BCUT2D eigenvalue weighted by Crippen LogP contribution is 2.27. The molecule has 0 bridgehead atoms. The minimum Gasteiger partial charge on any atom is -0.504 e. The van der Waals surface area contributed by atoms with Crippen molar-refractivity contribution in [2.24, 2.45) is 5.10 Å². The second-order valence-electron chi connectivity index (χ2n) is 5.90. The van der Waals surface area contributed by atoms with E-state index in [4.69, 9.17) is 9.47 Å². The van der Waals surface area contributed by atoms with Crippen molar-refractivity contribution in [3.05, 3.63) is 89.5 Å². The summed E-state index contributed by atoms with van der Waals surface area (Å²) in [4.78, 5) is 12.2. The molecule has 3 aromatic rings. The van der Waals surface area contributed by atoms with E-state index in [1.165, 1.54) is 13.3 Å². The number of rotatable bonds is 7. The Labute approximate surface area is 163 Å². The van der Waals surface area contributed by atoms with Gasteiger partial charge in [-0.25, -0.2) is 5.43 Å². The first-order chi connectivity index (χ1) is 13.7. The molecule has 142 valence electrons. The SMILES string of the molecule is COc1cccc(/C=N/NC(=O)c2ccc(OCc3ccccc3)cc2)c1O. The van der Waals surface area contributed by atoms with Crippen LogP contribution in [-0.4, -0.2) is 24.3 Å². The zero-order valence-corrected chi connectivity index (χ0v) is 15.3. The number of aromatic hydroxyl groups is 1. The minimum absolute atomic E-state index is 0.0390. The maximum atomic E-state index is 12.2. The highest BCUT2D eigenvalue weighted by molar-refractivity contribution is 5.95. The molecule has 0 unspecified atom stereocenters. The molecule has 3 rings (SSSR count).